The topological polar surface area (TPSA) is 67.2 Å². The molecule has 4 aromatic rings. The minimum absolute atomic E-state index is 0.281. The lowest BCUT2D eigenvalue weighted by Gasteiger charge is -2.08. The van der Waals surface area contributed by atoms with E-state index in [1.807, 2.05) is 66.7 Å². The van der Waals surface area contributed by atoms with Crippen LogP contribution < -0.4 is 5.43 Å². The van der Waals surface area contributed by atoms with Gasteiger partial charge in [-0.1, -0.05) is 48.5 Å². The molecule has 130 valence electrons. The Morgan fingerprint density at radius 2 is 1.67 bits per heavy atom. The van der Waals surface area contributed by atoms with Gasteiger partial charge in [-0.3, -0.25) is 9.78 Å². The van der Waals surface area contributed by atoms with Gasteiger partial charge in [0.25, 0.3) is 5.91 Å². The van der Waals surface area contributed by atoms with Crippen molar-refractivity contribution in [2.75, 3.05) is 0 Å². The van der Waals surface area contributed by atoms with Crippen molar-refractivity contribution in [1.82, 2.24) is 15.4 Å². The summed E-state index contributed by atoms with van der Waals surface area (Å²) in [6.07, 6.45) is 5.03. The maximum Gasteiger partial charge on any atom is 0.272 e. The van der Waals surface area contributed by atoms with Crippen LogP contribution in [0.4, 0.5) is 0 Å². The van der Waals surface area contributed by atoms with Gasteiger partial charge in [-0.2, -0.15) is 5.10 Å². The average Bonchev–Trinajstić information content (AvgIpc) is 2.74. The molecule has 27 heavy (non-hydrogen) atoms. The highest BCUT2D eigenvalue weighted by atomic mass is 16.2. The van der Waals surface area contributed by atoms with Crippen LogP contribution in [0.25, 0.3) is 22.2 Å². The third kappa shape index (κ3) is 3.72. The van der Waals surface area contributed by atoms with E-state index in [0.29, 0.717) is 11.3 Å². The van der Waals surface area contributed by atoms with Gasteiger partial charge in [0.1, 0.15) is 0 Å². The minimum atomic E-state index is -0.281. The highest BCUT2D eigenvalue weighted by molar-refractivity contribution is 6.07. The molecule has 0 radical (unpaired) electrons. The van der Waals surface area contributed by atoms with Crippen LogP contribution >= 0.6 is 0 Å². The standard InChI is InChI=1S/C22H16N4O/c27-22(26-24-15-16-6-2-1-3-7-16)19-14-21(17-10-12-23-13-11-17)25-20-9-5-4-8-18(19)20/h1-15H,(H,26,27)/b24-15+. The predicted octanol–water partition coefficient (Wildman–Crippen LogP) is 4.06. The van der Waals surface area contributed by atoms with Crippen LogP contribution in [0, 0.1) is 0 Å². The fraction of sp³-hybridized carbons (Fsp3) is 0. The number of nitrogens with one attached hydrogen (secondary N) is 1. The number of pyridine rings is 2. The number of hydrazone groups is 1. The van der Waals surface area contributed by atoms with Crippen molar-refractivity contribution in [2.24, 2.45) is 5.10 Å². The van der Waals surface area contributed by atoms with E-state index in [1.165, 1.54) is 0 Å². The van der Waals surface area contributed by atoms with Crippen LogP contribution in [0.3, 0.4) is 0 Å². The second-order valence-corrected chi connectivity index (χ2v) is 5.92. The van der Waals surface area contributed by atoms with Gasteiger partial charge in [0.15, 0.2) is 0 Å². The molecule has 5 nitrogen and oxygen atoms in total. The number of fused-ring (bicyclic) bond motifs is 1. The summed E-state index contributed by atoms with van der Waals surface area (Å²) >= 11 is 0. The molecule has 0 saturated heterocycles. The highest BCUT2D eigenvalue weighted by Crippen LogP contribution is 2.24. The molecule has 2 aromatic carbocycles. The van der Waals surface area contributed by atoms with Gasteiger partial charge in [0, 0.05) is 23.3 Å². The van der Waals surface area contributed by atoms with E-state index >= 15 is 0 Å². The lowest BCUT2D eigenvalue weighted by molar-refractivity contribution is 0.0957. The number of carbonyl (C=O) groups excluding carboxylic acids is 1. The Kier molecular flexibility index (Phi) is 4.66. The van der Waals surface area contributed by atoms with Crippen LogP contribution in [0.15, 0.2) is 90.3 Å². The summed E-state index contributed by atoms with van der Waals surface area (Å²) in [5.74, 6) is -0.281. The molecule has 0 aliphatic carbocycles. The van der Waals surface area contributed by atoms with Gasteiger partial charge in [0.2, 0.25) is 0 Å². The van der Waals surface area contributed by atoms with Crippen LogP contribution in [0.2, 0.25) is 0 Å². The van der Waals surface area contributed by atoms with Crippen molar-refractivity contribution in [3.8, 4) is 11.3 Å². The molecule has 0 aliphatic heterocycles. The monoisotopic (exact) mass is 352 g/mol. The van der Waals surface area contributed by atoms with Crippen molar-refractivity contribution < 1.29 is 4.79 Å². The molecule has 0 spiro atoms. The van der Waals surface area contributed by atoms with Gasteiger partial charge in [0.05, 0.1) is 23.0 Å². The van der Waals surface area contributed by atoms with Gasteiger partial charge in [-0.15, -0.1) is 0 Å². The zero-order valence-electron chi connectivity index (χ0n) is 14.4. The van der Waals surface area contributed by atoms with Crippen molar-refractivity contribution in [2.45, 2.75) is 0 Å². The third-order valence-electron chi connectivity index (χ3n) is 4.12. The van der Waals surface area contributed by atoms with E-state index in [9.17, 15) is 4.79 Å². The number of aromatic nitrogens is 2. The van der Waals surface area contributed by atoms with Crippen LogP contribution in [0.1, 0.15) is 15.9 Å². The zero-order valence-corrected chi connectivity index (χ0v) is 14.4. The van der Waals surface area contributed by atoms with Crippen molar-refractivity contribution in [1.29, 1.82) is 0 Å². The lowest BCUT2D eigenvalue weighted by atomic mass is 10.0. The van der Waals surface area contributed by atoms with Gasteiger partial charge in [-0.05, 0) is 29.8 Å². The molecule has 1 amide bonds. The summed E-state index contributed by atoms with van der Waals surface area (Å²) in [6.45, 7) is 0. The first kappa shape index (κ1) is 16.6. The number of hydrogen-bond donors (Lipinski definition) is 1. The average molecular weight is 352 g/mol. The summed E-state index contributed by atoms with van der Waals surface area (Å²) in [7, 11) is 0. The number of amides is 1. The summed E-state index contributed by atoms with van der Waals surface area (Å²) in [4.78, 5) is 21.5. The van der Waals surface area contributed by atoms with E-state index in [4.69, 9.17) is 0 Å². The van der Waals surface area contributed by atoms with Crippen LogP contribution in [-0.4, -0.2) is 22.1 Å². The SMILES string of the molecule is O=C(N/N=C/c1ccccc1)c1cc(-c2ccncc2)nc2ccccc12. The van der Waals surface area contributed by atoms with Gasteiger partial charge < -0.3 is 0 Å². The van der Waals surface area contributed by atoms with E-state index in [-0.39, 0.29) is 5.91 Å². The quantitative estimate of drug-likeness (QED) is 0.445. The summed E-state index contributed by atoms with van der Waals surface area (Å²) in [6, 6.07) is 22.7. The largest absolute Gasteiger partial charge is 0.272 e. The Hall–Kier alpha value is -3.86. The Labute approximate surface area is 156 Å². The smallest absolute Gasteiger partial charge is 0.267 e. The molecule has 0 atom stereocenters. The first-order chi connectivity index (χ1) is 13.3. The minimum Gasteiger partial charge on any atom is -0.267 e. The molecule has 0 bridgehead atoms. The lowest BCUT2D eigenvalue weighted by Crippen LogP contribution is -2.18. The molecular weight excluding hydrogens is 336 g/mol. The molecule has 2 aromatic heterocycles. The first-order valence-electron chi connectivity index (χ1n) is 8.50. The molecule has 5 heteroatoms. The summed E-state index contributed by atoms with van der Waals surface area (Å²) in [5.41, 5.74) is 6.42. The molecule has 0 fully saturated rings. The van der Waals surface area contributed by atoms with E-state index in [0.717, 1.165) is 22.0 Å². The van der Waals surface area contributed by atoms with Crippen LogP contribution in [-0.2, 0) is 0 Å². The predicted molar refractivity (Wildman–Crippen MR) is 106 cm³/mol. The van der Waals surface area contributed by atoms with Crippen molar-refractivity contribution in [3.05, 3.63) is 96.3 Å². The Bertz CT molecular complexity index is 1110. The number of carbonyl (C=O) groups is 1. The fourth-order valence-corrected chi connectivity index (χ4v) is 2.80. The number of para-hydroxylation sites is 1. The molecular formula is C22H16N4O. The Balaban J connectivity index is 1.69. The van der Waals surface area contributed by atoms with Gasteiger partial charge >= 0.3 is 0 Å². The zero-order chi connectivity index (χ0) is 18.5. The molecule has 1 N–H and O–H groups in total. The molecule has 4 rings (SSSR count). The van der Waals surface area contributed by atoms with E-state index in [1.54, 1.807) is 24.7 Å². The Morgan fingerprint density at radius 3 is 2.48 bits per heavy atom. The molecule has 2 heterocycles. The molecule has 0 saturated carbocycles. The molecule has 0 unspecified atom stereocenters. The van der Waals surface area contributed by atoms with Crippen molar-refractivity contribution >= 4 is 23.0 Å². The summed E-state index contributed by atoms with van der Waals surface area (Å²) in [5, 5.41) is 4.85. The Morgan fingerprint density at radius 1 is 0.926 bits per heavy atom. The normalized spacial score (nSPS) is 11.0. The third-order valence-corrected chi connectivity index (χ3v) is 4.12. The number of rotatable bonds is 4. The van der Waals surface area contributed by atoms with Gasteiger partial charge in [-0.25, -0.2) is 10.4 Å². The maximum atomic E-state index is 12.8. The second-order valence-electron chi connectivity index (χ2n) is 5.92. The number of benzene rings is 2. The van der Waals surface area contributed by atoms with E-state index in [2.05, 4.69) is 20.5 Å². The fourth-order valence-electron chi connectivity index (χ4n) is 2.80. The maximum absolute atomic E-state index is 12.8. The number of nitrogens with zero attached hydrogens (tertiary/aromatic N) is 3. The van der Waals surface area contributed by atoms with Crippen molar-refractivity contribution in [3.63, 3.8) is 0 Å². The first-order valence-corrected chi connectivity index (χ1v) is 8.50. The highest BCUT2D eigenvalue weighted by Gasteiger charge is 2.13. The molecule has 0 aliphatic rings. The second kappa shape index (κ2) is 7.58. The summed E-state index contributed by atoms with van der Waals surface area (Å²) < 4.78 is 0. The van der Waals surface area contributed by atoms with Crippen LogP contribution in [0.5, 0.6) is 0 Å². The number of hydrogen-bond acceptors (Lipinski definition) is 4. The van der Waals surface area contributed by atoms with E-state index < -0.39 is 0 Å².